The lowest BCUT2D eigenvalue weighted by atomic mass is 10.1. The molecule has 0 aromatic heterocycles. The van der Waals surface area contributed by atoms with Gasteiger partial charge in [-0.3, -0.25) is 9.79 Å². The number of ketones is 1. The largest absolute Gasteiger partial charge is 0.547 e. The molecule has 0 bridgehead atoms. The van der Waals surface area contributed by atoms with Gasteiger partial charge in [0.15, 0.2) is 0 Å². The number of carboxylic acid groups (broad SMARTS) is 1. The molecule has 9 N–H and O–H groups in total. The van der Waals surface area contributed by atoms with Gasteiger partial charge < -0.3 is 37.5 Å². The molecule has 9 rings (SSSR count). The van der Waals surface area contributed by atoms with Crippen LogP contribution in [0.25, 0.3) is 0 Å². The summed E-state index contributed by atoms with van der Waals surface area (Å²) >= 11 is 0. The number of rotatable bonds is 13. The summed E-state index contributed by atoms with van der Waals surface area (Å²) in [5.41, 5.74) is 20.6. The molecule has 5 aliphatic rings. The number of aliphatic carboxylic acids is 1. The second-order valence-corrected chi connectivity index (χ2v) is 19.3. The van der Waals surface area contributed by atoms with Crippen LogP contribution in [0.4, 0.5) is 0 Å². The summed E-state index contributed by atoms with van der Waals surface area (Å²) < 4.78 is 0. The van der Waals surface area contributed by atoms with E-state index >= 15 is 0 Å². The lowest BCUT2D eigenvalue weighted by Crippen LogP contribution is -2.60. The SMILES string of the molecule is CC(=N[C@@H](C)c1ccccc1)C1CC1.CC(=O)C1CC1.C[C@H](N)C1CC1.C[C@H](N)c1ccccc1.C[C@H](N[C@@H](C)C1CC1)c1ccccc1.C[C@H]([NH3+])C1CC1.O=C([O-])[C@H](O)c1ccccc1. The molecule has 9 nitrogen and oxygen atoms in total. The van der Waals surface area contributed by atoms with Gasteiger partial charge in [0.25, 0.3) is 0 Å². The van der Waals surface area contributed by atoms with Crippen LogP contribution in [0, 0.1) is 29.6 Å². The fraction of sp³-hybridized carbons (Fsp3) is 0.526. The van der Waals surface area contributed by atoms with Crippen molar-refractivity contribution in [3.05, 3.63) is 144 Å². The lowest BCUT2D eigenvalue weighted by Gasteiger charge is -2.19. The highest BCUT2D eigenvalue weighted by atomic mass is 16.4. The Balaban J connectivity index is 0.000000210. The Hall–Kier alpha value is -4.51. The van der Waals surface area contributed by atoms with Crippen LogP contribution in [-0.4, -0.2) is 40.7 Å². The van der Waals surface area contributed by atoms with Gasteiger partial charge >= 0.3 is 0 Å². The highest BCUT2D eigenvalue weighted by Crippen LogP contribution is 2.34. The molecular formula is C57H85N5O4. The fourth-order valence-electron chi connectivity index (χ4n) is 6.99. The van der Waals surface area contributed by atoms with E-state index in [-0.39, 0.29) is 6.04 Å². The van der Waals surface area contributed by atoms with Gasteiger partial charge in [-0.2, -0.15) is 0 Å². The molecule has 0 amide bonds. The van der Waals surface area contributed by atoms with Crippen LogP contribution in [0.1, 0.15) is 166 Å². The Labute approximate surface area is 398 Å². The summed E-state index contributed by atoms with van der Waals surface area (Å²) in [5, 5.41) is 22.7. The Morgan fingerprint density at radius 1 is 0.591 bits per heavy atom. The molecule has 66 heavy (non-hydrogen) atoms. The number of nitrogens with zero attached hydrogens (tertiary/aromatic N) is 1. The minimum atomic E-state index is -1.52. The van der Waals surface area contributed by atoms with Crippen LogP contribution < -0.4 is 27.6 Å². The number of aliphatic imine (C=N–C) groups is 1. The van der Waals surface area contributed by atoms with Crippen LogP contribution in [0.5, 0.6) is 0 Å². The zero-order valence-corrected chi connectivity index (χ0v) is 41.5. The maximum atomic E-state index is 10.2. The van der Waals surface area contributed by atoms with Gasteiger partial charge in [-0.1, -0.05) is 121 Å². The number of aliphatic hydroxyl groups excluding tert-OH is 1. The van der Waals surface area contributed by atoms with E-state index in [0.29, 0.717) is 47.5 Å². The number of benzene rings is 4. The second kappa shape index (κ2) is 30.0. The number of Topliss-reactive ketones (excluding diaryl/α,β-unsaturated/α-hetero) is 1. The van der Waals surface area contributed by atoms with Gasteiger partial charge in [-0.05, 0) is 160 Å². The molecule has 0 unspecified atom stereocenters. The first-order valence-electron chi connectivity index (χ1n) is 24.7. The molecule has 0 heterocycles. The van der Waals surface area contributed by atoms with Crippen LogP contribution >= 0.6 is 0 Å². The second-order valence-electron chi connectivity index (χ2n) is 19.3. The molecule has 4 aromatic carbocycles. The first-order valence-corrected chi connectivity index (χ1v) is 24.7. The van der Waals surface area contributed by atoms with Crippen LogP contribution in [0.3, 0.4) is 0 Å². The highest BCUT2D eigenvalue weighted by molar-refractivity contribution is 5.86. The van der Waals surface area contributed by atoms with Gasteiger partial charge in [0, 0.05) is 41.7 Å². The van der Waals surface area contributed by atoms with E-state index in [0.717, 1.165) is 36.5 Å². The molecule has 0 spiro atoms. The molecular weight excluding hydrogens is 819 g/mol. The Morgan fingerprint density at radius 3 is 1.26 bits per heavy atom. The number of nitrogens with one attached hydrogen (secondary N) is 1. The van der Waals surface area contributed by atoms with E-state index in [1.54, 1.807) is 25.1 Å². The maximum Gasteiger partial charge on any atom is 0.132 e. The molecule has 0 radical (unpaired) electrons. The number of carboxylic acids is 1. The van der Waals surface area contributed by atoms with E-state index in [9.17, 15) is 14.7 Å². The zero-order chi connectivity index (χ0) is 48.6. The third-order valence-corrected chi connectivity index (χ3v) is 12.6. The smallest absolute Gasteiger partial charge is 0.132 e. The number of hydrogen-bond donors (Lipinski definition) is 5. The average molecular weight is 904 g/mol. The quantitative estimate of drug-likeness (QED) is 0.0828. The maximum absolute atomic E-state index is 10.2. The van der Waals surface area contributed by atoms with Crippen molar-refractivity contribution in [1.29, 1.82) is 0 Å². The van der Waals surface area contributed by atoms with Crippen molar-refractivity contribution in [3.8, 4) is 0 Å². The Bertz CT molecular complexity index is 1910. The van der Waals surface area contributed by atoms with Crippen LogP contribution in [-0.2, 0) is 9.59 Å². The number of carbonyl (C=O) groups excluding carboxylic acids is 2. The average Bonchev–Trinajstić information content (AvgIpc) is 4.10. The number of aliphatic hydroxyl groups is 1. The highest BCUT2D eigenvalue weighted by Gasteiger charge is 2.29. The number of nitrogens with two attached hydrogens (primary N) is 2. The summed E-state index contributed by atoms with van der Waals surface area (Å²) in [4.78, 5) is 25.1. The van der Waals surface area contributed by atoms with Crippen molar-refractivity contribution in [1.82, 2.24) is 5.32 Å². The minimum absolute atomic E-state index is 0.159. The predicted octanol–water partition coefficient (Wildman–Crippen LogP) is 9.69. The zero-order valence-electron chi connectivity index (χ0n) is 41.5. The van der Waals surface area contributed by atoms with Crippen molar-refractivity contribution in [2.75, 3.05) is 0 Å². The Kier molecular flexibility index (Phi) is 25.4. The van der Waals surface area contributed by atoms with Gasteiger partial charge in [0.1, 0.15) is 11.9 Å². The first kappa shape index (κ1) is 55.8. The van der Waals surface area contributed by atoms with Crippen LogP contribution in [0.15, 0.2) is 126 Å². The van der Waals surface area contributed by atoms with E-state index in [1.807, 2.05) is 43.3 Å². The van der Waals surface area contributed by atoms with Crippen molar-refractivity contribution >= 4 is 17.5 Å². The third-order valence-electron chi connectivity index (χ3n) is 12.6. The standard InChI is InChI=1S/C13H19N.C13H17N.C8H11N.C8H8O3.2C5H11N.C5H8O/c2*1-10(12-6-4-3-5-7-12)14-11(2)13-8-9-13;1-7(9)8-5-3-2-4-6-8;9-7(8(10)11)6-4-2-1-3-5-6;3*1-4(6)5-2-3-5/h3-7,10-11,13-14H,8-9H2,1-2H3;3-7,10,13H,8-9H2,1-2H3;2-7H,9H2,1H3;1-5,7,9H,(H,10,11);2*4-5H,2-3,6H2,1H3;5H,2-3H2,1H3/t10-,11-;10-;2*7-;2*4-;/m000100./s1. The number of hydrogen-bond acceptors (Lipinski definition) is 8. The van der Waals surface area contributed by atoms with E-state index in [4.69, 9.17) is 21.6 Å². The molecule has 7 atom stereocenters. The van der Waals surface area contributed by atoms with E-state index in [2.05, 4.69) is 107 Å². The van der Waals surface area contributed by atoms with Gasteiger partial charge in [-0.25, -0.2) is 0 Å². The summed E-state index contributed by atoms with van der Waals surface area (Å²) in [5.74, 6) is 2.95. The molecule has 0 saturated heterocycles. The molecule has 362 valence electrons. The Morgan fingerprint density at radius 2 is 0.985 bits per heavy atom. The predicted molar refractivity (Wildman–Crippen MR) is 271 cm³/mol. The topological polar surface area (TPSA) is 182 Å². The summed E-state index contributed by atoms with van der Waals surface area (Å²) in [7, 11) is 0. The summed E-state index contributed by atoms with van der Waals surface area (Å²) in [6.45, 7) is 16.8. The number of carbonyl (C=O) groups is 2. The molecule has 5 saturated carbocycles. The summed E-state index contributed by atoms with van der Waals surface area (Å²) in [6.07, 6.45) is 11.9. The van der Waals surface area contributed by atoms with Crippen LogP contribution in [0.2, 0.25) is 0 Å². The van der Waals surface area contributed by atoms with Gasteiger partial charge in [0.05, 0.1) is 18.1 Å². The first-order chi connectivity index (χ1) is 31.5. The van der Waals surface area contributed by atoms with E-state index < -0.39 is 12.1 Å². The fourth-order valence-corrected chi connectivity index (χ4v) is 6.99. The van der Waals surface area contributed by atoms with Gasteiger partial charge in [0.2, 0.25) is 0 Å². The van der Waals surface area contributed by atoms with E-state index in [1.165, 1.54) is 85.9 Å². The van der Waals surface area contributed by atoms with Crippen molar-refractivity contribution in [2.45, 2.75) is 162 Å². The van der Waals surface area contributed by atoms with Crippen molar-refractivity contribution < 1.29 is 25.5 Å². The third kappa shape index (κ3) is 24.9. The number of quaternary nitrogens is 1. The van der Waals surface area contributed by atoms with Crippen molar-refractivity contribution in [2.24, 2.45) is 46.0 Å². The molecule has 5 aliphatic carbocycles. The van der Waals surface area contributed by atoms with Gasteiger partial charge in [-0.15, -0.1) is 0 Å². The molecule has 4 aromatic rings. The normalized spacial score (nSPS) is 19.1. The molecule has 5 fully saturated rings. The summed E-state index contributed by atoms with van der Waals surface area (Å²) in [6, 6.07) is 42.1. The molecule has 9 heteroatoms. The van der Waals surface area contributed by atoms with Crippen molar-refractivity contribution in [3.63, 3.8) is 0 Å². The minimum Gasteiger partial charge on any atom is -0.547 e. The lowest BCUT2D eigenvalue weighted by molar-refractivity contribution is -0.419. The molecule has 0 aliphatic heterocycles. The monoisotopic (exact) mass is 904 g/mol.